The minimum Gasteiger partial charge on any atom is -0.464 e. The summed E-state index contributed by atoms with van der Waals surface area (Å²) in [5.74, 6) is 0.0427. The fraction of sp³-hybridized carbons (Fsp3) is 0.182. The number of aryl methyl sites for hydroxylation is 1. The Morgan fingerprint density at radius 2 is 2.28 bits per heavy atom. The fourth-order valence-electron chi connectivity index (χ4n) is 1.52. The van der Waals surface area contributed by atoms with Gasteiger partial charge in [-0.2, -0.15) is 5.10 Å². The molecule has 0 unspecified atom stereocenters. The number of aromatic nitrogens is 3. The standard InChI is InChI=1S/C11H11BrN4O2/c1-6-3-7(12)4-14-10(6)16-5-8(13)9(15-16)11(17)18-2/h3-5H,13H2,1-2H3. The molecule has 0 spiro atoms. The third-order valence-corrected chi connectivity index (χ3v) is 2.79. The number of anilines is 1. The van der Waals surface area contributed by atoms with Gasteiger partial charge in [0, 0.05) is 10.7 Å². The predicted octanol–water partition coefficient (Wildman–Crippen LogP) is 1.71. The SMILES string of the molecule is COC(=O)c1nn(-c2ncc(Br)cc2C)cc1N. The van der Waals surface area contributed by atoms with E-state index in [4.69, 9.17) is 5.73 Å². The van der Waals surface area contributed by atoms with E-state index in [0.29, 0.717) is 5.82 Å². The van der Waals surface area contributed by atoms with Crippen LogP contribution in [0.15, 0.2) is 22.9 Å². The Morgan fingerprint density at radius 1 is 1.56 bits per heavy atom. The van der Waals surface area contributed by atoms with E-state index in [1.807, 2.05) is 13.0 Å². The number of nitrogen functional groups attached to an aromatic ring is 1. The largest absolute Gasteiger partial charge is 0.464 e. The van der Waals surface area contributed by atoms with Crippen LogP contribution in [0, 0.1) is 6.92 Å². The Balaban J connectivity index is 2.49. The van der Waals surface area contributed by atoms with Crippen LogP contribution in [0.3, 0.4) is 0 Å². The van der Waals surface area contributed by atoms with Crippen LogP contribution in [-0.4, -0.2) is 27.8 Å². The number of carbonyl (C=O) groups excluding carboxylic acids is 1. The van der Waals surface area contributed by atoms with E-state index in [2.05, 4.69) is 30.7 Å². The molecule has 2 aromatic heterocycles. The number of esters is 1. The number of nitrogens with zero attached hydrogens (tertiary/aromatic N) is 3. The van der Waals surface area contributed by atoms with Gasteiger partial charge in [0.1, 0.15) is 0 Å². The number of hydrogen-bond donors (Lipinski definition) is 1. The quantitative estimate of drug-likeness (QED) is 0.854. The summed E-state index contributed by atoms with van der Waals surface area (Å²) in [7, 11) is 1.28. The Morgan fingerprint density at radius 3 is 2.89 bits per heavy atom. The van der Waals surface area contributed by atoms with Crippen molar-refractivity contribution in [2.24, 2.45) is 0 Å². The molecule has 2 N–H and O–H groups in total. The van der Waals surface area contributed by atoms with Gasteiger partial charge in [0.25, 0.3) is 0 Å². The Hall–Kier alpha value is -1.89. The van der Waals surface area contributed by atoms with E-state index >= 15 is 0 Å². The van der Waals surface area contributed by atoms with Gasteiger partial charge in [-0.25, -0.2) is 14.5 Å². The highest BCUT2D eigenvalue weighted by Crippen LogP contribution is 2.19. The van der Waals surface area contributed by atoms with Gasteiger partial charge in [0.05, 0.1) is 19.0 Å². The molecule has 0 saturated carbocycles. The van der Waals surface area contributed by atoms with Gasteiger partial charge in [-0.05, 0) is 34.5 Å². The summed E-state index contributed by atoms with van der Waals surface area (Å²) in [4.78, 5) is 15.6. The van der Waals surface area contributed by atoms with Crippen LogP contribution in [0.2, 0.25) is 0 Å². The maximum atomic E-state index is 11.4. The van der Waals surface area contributed by atoms with Crippen molar-refractivity contribution in [2.75, 3.05) is 12.8 Å². The minimum atomic E-state index is -0.569. The van der Waals surface area contributed by atoms with Gasteiger partial charge in [0.15, 0.2) is 11.5 Å². The lowest BCUT2D eigenvalue weighted by molar-refractivity contribution is 0.0594. The molecule has 0 aliphatic heterocycles. The van der Waals surface area contributed by atoms with Crippen molar-refractivity contribution in [3.63, 3.8) is 0 Å². The first kappa shape index (κ1) is 12.6. The summed E-state index contributed by atoms with van der Waals surface area (Å²) in [5.41, 5.74) is 6.96. The molecule has 2 aromatic rings. The van der Waals surface area contributed by atoms with Crippen molar-refractivity contribution in [3.05, 3.63) is 34.2 Å². The minimum absolute atomic E-state index is 0.0848. The number of hydrogen-bond acceptors (Lipinski definition) is 5. The second kappa shape index (κ2) is 4.77. The first-order valence-corrected chi connectivity index (χ1v) is 5.88. The molecule has 94 valence electrons. The number of carbonyl (C=O) groups is 1. The second-order valence-electron chi connectivity index (χ2n) is 3.66. The molecule has 2 rings (SSSR count). The monoisotopic (exact) mass is 310 g/mol. The van der Waals surface area contributed by atoms with Crippen LogP contribution in [-0.2, 0) is 4.74 Å². The smallest absolute Gasteiger partial charge is 0.360 e. The molecule has 0 aromatic carbocycles. The Labute approximate surface area is 112 Å². The molecule has 0 amide bonds. The molecule has 0 atom stereocenters. The number of methoxy groups -OCH3 is 1. The normalized spacial score (nSPS) is 10.4. The van der Waals surface area contributed by atoms with Gasteiger partial charge in [-0.15, -0.1) is 0 Å². The van der Waals surface area contributed by atoms with Crippen molar-refractivity contribution in [3.8, 4) is 5.82 Å². The summed E-state index contributed by atoms with van der Waals surface area (Å²) in [6.07, 6.45) is 3.19. The van der Waals surface area contributed by atoms with E-state index in [0.717, 1.165) is 10.0 Å². The van der Waals surface area contributed by atoms with Gasteiger partial charge >= 0.3 is 5.97 Å². The molecule has 6 nitrogen and oxygen atoms in total. The zero-order chi connectivity index (χ0) is 13.3. The van der Waals surface area contributed by atoms with Crippen LogP contribution in [0.4, 0.5) is 5.69 Å². The molecular weight excluding hydrogens is 300 g/mol. The zero-order valence-corrected chi connectivity index (χ0v) is 11.4. The first-order chi connectivity index (χ1) is 8.52. The van der Waals surface area contributed by atoms with Crippen molar-refractivity contribution in [1.29, 1.82) is 0 Å². The average molecular weight is 311 g/mol. The summed E-state index contributed by atoms with van der Waals surface area (Å²) in [6, 6.07) is 1.90. The molecule has 0 saturated heterocycles. The summed E-state index contributed by atoms with van der Waals surface area (Å²) >= 11 is 3.33. The van der Waals surface area contributed by atoms with Gasteiger partial charge in [-0.1, -0.05) is 0 Å². The van der Waals surface area contributed by atoms with E-state index in [-0.39, 0.29) is 11.4 Å². The van der Waals surface area contributed by atoms with Gasteiger partial charge in [0.2, 0.25) is 0 Å². The molecule has 0 fully saturated rings. The van der Waals surface area contributed by atoms with Crippen LogP contribution < -0.4 is 5.73 Å². The number of nitrogens with two attached hydrogens (primary N) is 1. The Bertz CT molecular complexity index is 609. The molecular formula is C11H11BrN4O2. The van der Waals surface area contributed by atoms with E-state index in [1.54, 1.807) is 6.20 Å². The average Bonchev–Trinajstić information content (AvgIpc) is 2.70. The van der Waals surface area contributed by atoms with Crippen LogP contribution in [0.1, 0.15) is 16.1 Å². The topological polar surface area (TPSA) is 83.0 Å². The third kappa shape index (κ3) is 2.21. The van der Waals surface area contributed by atoms with E-state index in [1.165, 1.54) is 18.0 Å². The van der Waals surface area contributed by atoms with Gasteiger partial charge in [-0.3, -0.25) is 0 Å². The van der Waals surface area contributed by atoms with E-state index < -0.39 is 5.97 Å². The predicted molar refractivity (Wildman–Crippen MR) is 69.5 cm³/mol. The number of ether oxygens (including phenoxy) is 1. The lowest BCUT2D eigenvalue weighted by atomic mass is 10.3. The van der Waals surface area contributed by atoms with Crippen LogP contribution in [0.5, 0.6) is 0 Å². The van der Waals surface area contributed by atoms with Crippen molar-refractivity contribution < 1.29 is 9.53 Å². The zero-order valence-electron chi connectivity index (χ0n) is 9.85. The summed E-state index contributed by atoms with van der Waals surface area (Å²) in [6.45, 7) is 1.89. The van der Waals surface area contributed by atoms with Crippen molar-refractivity contribution in [1.82, 2.24) is 14.8 Å². The fourth-order valence-corrected chi connectivity index (χ4v) is 1.97. The highest BCUT2D eigenvalue weighted by molar-refractivity contribution is 9.10. The summed E-state index contributed by atoms with van der Waals surface area (Å²) in [5, 5.41) is 4.08. The van der Waals surface area contributed by atoms with Crippen LogP contribution in [0.25, 0.3) is 5.82 Å². The summed E-state index contributed by atoms with van der Waals surface area (Å²) < 4.78 is 6.93. The molecule has 18 heavy (non-hydrogen) atoms. The highest BCUT2D eigenvalue weighted by atomic mass is 79.9. The molecule has 0 radical (unpaired) electrons. The molecule has 7 heteroatoms. The lowest BCUT2D eigenvalue weighted by Crippen LogP contribution is -2.07. The maximum absolute atomic E-state index is 11.4. The molecule has 0 aliphatic rings. The number of pyridine rings is 1. The molecule has 2 heterocycles. The third-order valence-electron chi connectivity index (χ3n) is 2.36. The maximum Gasteiger partial charge on any atom is 0.360 e. The highest BCUT2D eigenvalue weighted by Gasteiger charge is 2.17. The lowest BCUT2D eigenvalue weighted by Gasteiger charge is -2.04. The first-order valence-electron chi connectivity index (χ1n) is 5.09. The number of halogens is 1. The van der Waals surface area contributed by atoms with Crippen molar-refractivity contribution >= 4 is 27.6 Å². The second-order valence-corrected chi connectivity index (χ2v) is 4.58. The van der Waals surface area contributed by atoms with E-state index in [9.17, 15) is 4.79 Å². The van der Waals surface area contributed by atoms with Crippen molar-refractivity contribution in [2.45, 2.75) is 6.92 Å². The number of rotatable bonds is 2. The molecule has 0 bridgehead atoms. The van der Waals surface area contributed by atoms with Gasteiger partial charge < -0.3 is 10.5 Å². The Kier molecular flexibility index (Phi) is 3.33. The molecule has 0 aliphatic carbocycles. The van der Waals surface area contributed by atoms with Crippen LogP contribution >= 0.6 is 15.9 Å².